The Morgan fingerprint density at radius 2 is 2.06 bits per heavy atom. The standard InChI is InChI=1S/C15H21FO2/c1-3-11-6-8-15(17,9-7-11)13-5-4-12(18-2)10-14(13)16/h4-5,10-11,17H,3,6-9H2,1-2H3. The highest BCUT2D eigenvalue weighted by Crippen LogP contribution is 2.41. The zero-order chi connectivity index (χ0) is 13.2. The molecule has 0 amide bonds. The van der Waals surface area contributed by atoms with Gasteiger partial charge < -0.3 is 9.84 Å². The van der Waals surface area contributed by atoms with Gasteiger partial charge in [0.25, 0.3) is 0 Å². The van der Waals surface area contributed by atoms with Crippen molar-refractivity contribution in [3.05, 3.63) is 29.6 Å². The van der Waals surface area contributed by atoms with Gasteiger partial charge in [0.2, 0.25) is 0 Å². The number of benzene rings is 1. The second kappa shape index (κ2) is 5.27. The van der Waals surface area contributed by atoms with E-state index >= 15 is 0 Å². The van der Waals surface area contributed by atoms with Crippen LogP contribution in [0, 0.1) is 11.7 Å². The van der Waals surface area contributed by atoms with Crippen molar-refractivity contribution in [1.82, 2.24) is 0 Å². The van der Waals surface area contributed by atoms with Crippen LogP contribution in [0.2, 0.25) is 0 Å². The molecule has 1 fully saturated rings. The quantitative estimate of drug-likeness (QED) is 0.890. The highest BCUT2D eigenvalue weighted by Gasteiger charge is 2.36. The maximum Gasteiger partial charge on any atom is 0.132 e. The van der Waals surface area contributed by atoms with Gasteiger partial charge >= 0.3 is 0 Å². The molecule has 1 aliphatic rings. The zero-order valence-corrected chi connectivity index (χ0v) is 11.1. The van der Waals surface area contributed by atoms with Gasteiger partial charge in [-0.2, -0.15) is 0 Å². The third kappa shape index (κ3) is 2.51. The minimum Gasteiger partial charge on any atom is -0.497 e. The molecule has 1 aromatic rings. The lowest BCUT2D eigenvalue weighted by Gasteiger charge is -2.36. The Hall–Kier alpha value is -1.09. The summed E-state index contributed by atoms with van der Waals surface area (Å²) < 4.78 is 19.0. The van der Waals surface area contributed by atoms with E-state index in [1.807, 2.05) is 0 Å². The average molecular weight is 252 g/mol. The molecule has 0 saturated heterocycles. The monoisotopic (exact) mass is 252 g/mol. The Balaban J connectivity index is 2.20. The summed E-state index contributed by atoms with van der Waals surface area (Å²) in [5.41, 5.74) is -0.583. The van der Waals surface area contributed by atoms with E-state index in [1.54, 1.807) is 12.1 Å². The molecule has 0 bridgehead atoms. The summed E-state index contributed by atoms with van der Waals surface area (Å²) >= 11 is 0. The Bertz CT molecular complexity index is 409. The number of hydrogen-bond acceptors (Lipinski definition) is 2. The molecule has 1 aromatic carbocycles. The molecule has 100 valence electrons. The fourth-order valence-corrected chi connectivity index (χ4v) is 2.83. The highest BCUT2D eigenvalue weighted by atomic mass is 19.1. The normalized spacial score (nSPS) is 28.1. The molecule has 1 N–H and O–H groups in total. The first-order valence-electron chi connectivity index (χ1n) is 6.65. The van der Waals surface area contributed by atoms with Gasteiger partial charge in [0.1, 0.15) is 11.6 Å². The van der Waals surface area contributed by atoms with Crippen LogP contribution < -0.4 is 4.74 Å². The molecule has 1 saturated carbocycles. The van der Waals surface area contributed by atoms with Gasteiger partial charge in [-0.15, -0.1) is 0 Å². The summed E-state index contributed by atoms with van der Waals surface area (Å²) in [5, 5.41) is 10.6. The largest absolute Gasteiger partial charge is 0.497 e. The van der Waals surface area contributed by atoms with E-state index < -0.39 is 5.60 Å². The maximum atomic E-state index is 14.0. The third-order valence-corrected chi connectivity index (χ3v) is 4.19. The molecule has 2 nitrogen and oxygen atoms in total. The van der Waals surface area contributed by atoms with E-state index in [0.717, 1.165) is 19.3 Å². The molecule has 0 aromatic heterocycles. The molecule has 1 aliphatic carbocycles. The second-order valence-electron chi connectivity index (χ2n) is 5.23. The van der Waals surface area contributed by atoms with Crippen LogP contribution in [0.3, 0.4) is 0 Å². The summed E-state index contributed by atoms with van der Waals surface area (Å²) in [6.07, 6.45) is 4.38. The Kier molecular flexibility index (Phi) is 3.91. The van der Waals surface area contributed by atoms with Gasteiger partial charge in [-0.1, -0.05) is 13.3 Å². The molecule has 0 atom stereocenters. The SMILES string of the molecule is CCC1CCC(O)(c2ccc(OC)cc2F)CC1. The van der Waals surface area contributed by atoms with Crippen molar-refractivity contribution in [1.29, 1.82) is 0 Å². The molecular weight excluding hydrogens is 231 g/mol. The van der Waals surface area contributed by atoms with Crippen LogP contribution in [0.1, 0.15) is 44.6 Å². The predicted octanol–water partition coefficient (Wildman–Crippen LogP) is 3.62. The van der Waals surface area contributed by atoms with Crippen molar-refractivity contribution in [2.45, 2.75) is 44.6 Å². The smallest absolute Gasteiger partial charge is 0.132 e. The fourth-order valence-electron chi connectivity index (χ4n) is 2.83. The maximum absolute atomic E-state index is 14.0. The van der Waals surface area contributed by atoms with E-state index in [9.17, 15) is 9.50 Å². The minimum absolute atomic E-state index is 0.369. The van der Waals surface area contributed by atoms with Crippen LogP contribution in [-0.2, 0) is 5.60 Å². The molecular formula is C15H21FO2. The van der Waals surface area contributed by atoms with Crippen molar-refractivity contribution in [2.75, 3.05) is 7.11 Å². The topological polar surface area (TPSA) is 29.5 Å². The molecule has 0 unspecified atom stereocenters. The van der Waals surface area contributed by atoms with E-state index in [-0.39, 0.29) is 5.82 Å². The number of rotatable bonds is 3. The molecule has 0 radical (unpaired) electrons. The highest BCUT2D eigenvalue weighted by molar-refractivity contribution is 5.32. The zero-order valence-electron chi connectivity index (χ0n) is 11.1. The fraction of sp³-hybridized carbons (Fsp3) is 0.600. The Morgan fingerprint density at radius 3 is 2.56 bits per heavy atom. The van der Waals surface area contributed by atoms with E-state index in [4.69, 9.17) is 4.74 Å². The van der Waals surface area contributed by atoms with Crippen LogP contribution >= 0.6 is 0 Å². The van der Waals surface area contributed by atoms with Gasteiger partial charge in [0.05, 0.1) is 12.7 Å². The van der Waals surface area contributed by atoms with Crippen LogP contribution in [-0.4, -0.2) is 12.2 Å². The Morgan fingerprint density at radius 1 is 1.39 bits per heavy atom. The van der Waals surface area contributed by atoms with Crippen LogP contribution in [0.25, 0.3) is 0 Å². The minimum atomic E-state index is -0.998. The first-order chi connectivity index (χ1) is 8.59. The van der Waals surface area contributed by atoms with E-state index in [2.05, 4.69) is 6.92 Å². The van der Waals surface area contributed by atoms with Gasteiger partial charge in [0, 0.05) is 11.6 Å². The lowest BCUT2D eigenvalue weighted by molar-refractivity contribution is -0.0174. The van der Waals surface area contributed by atoms with Crippen LogP contribution in [0.4, 0.5) is 4.39 Å². The Labute approximate surface area is 108 Å². The average Bonchev–Trinajstić information content (AvgIpc) is 2.39. The summed E-state index contributed by atoms with van der Waals surface area (Å²) in [6.45, 7) is 2.17. The molecule has 0 aliphatic heterocycles. The predicted molar refractivity (Wildman–Crippen MR) is 69.1 cm³/mol. The summed E-state index contributed by atoms with van der Waals surface area (Å²) in [6, 6.07) is 4.71. The number of halogens is 1. The molecule has 3 heteroatoms. The second-order valence-corrected chi connectivity index (χ2v) is 5.23. The molecule has 18 heavy (non-hydrogen) atoms. The summed E-state index contributed by atoms with van der Waals surface area (Å²) in [7, 11) is 1.51. The van der Waals surface area contributed by atoms with E-state index in [1.165, 1.54) is 13.2 Å². The number of ether oxygens (including phenoxy) is 1. The van der Waals surface area contributed by atoms with Crippen LogP contribution in [0.5, 0.6) is 5.75 Å². The lowest BCUT2D eigenvalue weighted by atomic mass is 9.74. The van der Waals surface area contributed by atoms with Gasteiger partial charge in [-0.05, 0) is 43.7 Å². The molecule has 0 spiro atoms. The first-order valence-corrected chi connectivity index (χ1v) is 6.65. The summed E-state index contributed by atoms with van der Waals surface area (Å²) in [5.74, 6) is 0.792. The van der Waals surface area contributed by atoms with Gasteiger partial charge in [-0.25, -0.2) is 4.39 Å². The third-order valence-electron chi connectivity index (χ3n) is 4.19. The van der Waals surface area contributed by atoms with Crippen molar-refractivity contribution in [2.24, 2.45) is 5.92 Å². The van der Waals surface area contributed by atoms with Gasteiger partial charge in [0.15, 0.2) is 0 Å². The van der Waals surface area contributed by atoms with Crippen molar-refractivity contribution in [3.63, 3.8) is 0 Å². The summed E-state index contributed by atoms with van der Waals surface area (Å²) in [4.78, 5) is 0. The number of hydrogen-bond donors (Lipinski definition) is 1. The number of methoxy groups -OCH3 is 1. The number of aliphatic hydroxyl groups is 1. The van der Waals surface area contributed by atoms with Gasteiger partial charge in [-0.3, -0.25) is 0 Å². The molecule has 0 heterocycles. The lowest BCUT2D eigenvalue weighted by Crippen LogP contribution is -2.32. The van der Waals surface area contributed by atoms with Crippen molar-refractivity contribution >= 4 is 0 Å². The van der Waals surface area contributed by atoms with E-state index in [0.29, 0.717) is 30.1 Å². The van der Waals surface area contributed by atoms with Crippen molar-refractivity contribution < 1.29 is 14.2 Å². The molecule has 2 rings (SSSR count). The van der Waals surface area contributed by atoms with Crippen molar-refractivity contribution in [3.8, 4) is 5.75 Å². The first kappa shape index (κ1) is 13.3. The van der Waals surface area contributed by atoms with Crippen LogP contribution in [0.15, 0.2) is 18.2 Å².